The predicted molar refractivity (Wildman–Crippen MR) is 85.3 cm³/mol. The molecule has 5 nitrogen and oxygen atoms in total. The van der Waals surface area contributed by atoms with Crippen molar-refractivity contribution < 1.29 is 13.5 Å². The van der Waals surface area contributed by atoms with Gasteiger partial charge in [-0.3, -0.25) is 0 Å². The fourth-order valence-electron chi connectivity index (χ4n) is 2.62. The zero-order valence-electron chi connectivity index (χ0n) is 12.6. The number of hydrogen-bond donors (Lipinski definition) is 1. The molecular formula is C14H24N2O3S2. The van der Waals surface area contributed by atoms with Crippen LogP contribution in [0.15, 0.2) is 17.5 Å². The van der Waals surface area contributed by atoms with Crippen LogP contribution in [0.3, 0.4) is 0 Å². The molecule has 1 aliphatic rings. The molecule has 1 aromatic rings. The fraction of sp³-hybridized carbons (Fsp3) is 0.714. The Bertz CT molecular complexity index is 528. The molecule has 1 atom stereocenters. The summed E-state index contributed by atoms with van der Waals surface area (Å²) in [6.07, 6.45) is 1.71. The largest absolute Gasteiger partial charge is 0.396 e. The molecule has 0 spiro atoms. The summed E-state index contributed by atoms with van der Waals surface area (Å²) in [6, 6.07) is 3.81. The van der Waals surface area contributed by atoms with E-state index in [-0.39, 0.29) is 18.6 Å². The Labute approximate surface area is 131 Å². The van der Waals surface area contributed by atoms with Crippen molar-refractivity contribution in [1.29, 1.82) is 0 Å². The number of thiophene rings is 1. The van der Waals surface area contributed by atoms with E-state index in [0.717, 1.165) is 17.7 Å². The van der Waals surface area contributed by atoms with Gasteiger partial charge in [-0.15, -0.1) is 11.3 Å². The van der Waals surface area contributed by atoms with Gasteiger partial charge in [0.1, 0.15) is 0 Å². The maximum absolute atomic E-state index is 12.9. The highest BCUT2D eigenvalue weighted by Crippen LogP contribution is 2.24. The van der Waals surface area contributed by atoms with Crippen LogP contribution in [0, 0.1) is 5.92 Å². The molecule has 0 aliphatic carbocycles. The Morgan fingerprint density at radius 1 is 1.52 bits per heavy atom. The summed E-state index contributed by atoms with van der Waals surface area (Å²) in [5, 5.41) is 11.3. The first-order chi connectivity index (χ1) is 9.95. The Morgan fingerprint density at radius 2 is 2.29 bits per heavy atom. The quantitative estimate of drug-likeness (QED) is 0.865. The van der Waals surface area contributed by atoms with Gasteiger partial charge in [0.05, 0.1) is 0 Å². The number of nitrogens with zero attached hydrogens (tertiary/aromatic N) is 2. The molecule has 120 valence electrons. The van der Waals surface area contributed by atoms with E-state index in [1.54, 1.807) is 15.6 Å². The van der Waals surface area contributed by atoms with Gasteiger partial charge in [-0.1, -0.05) is 6.07 Å². The van der Waals surface area contributed by atoms with Crippen LogP contribution in [-0.2, 0) is 16.8 Å². The van der Waals surface area contributed by atoms with Crippen LogP contribution in [0.25, 0.3) is 0 Å². The van der Waals surface area contributed by atoms with E-state index in [2.05, 4.69) is 0 Å². The predicted octanol–water partition coefficient (Wildman–Crippen LogP) is 1.91. The van der Waals surface area contributed by atoms with Crippen molar-refractivity contribution in [1.82, 2.24) is 8.61 Å². The first-order valence-electron chi connectivity index (χ1n) is 7.35. The molecule has 21 heavy (non-hydrogen) atoms. The van der Waals surface area contributed by atoms with E-state index < -0.39 is 10.2 Å². The zero-order chi connectivity index (χ0) is 15.5. The van der Waals surface area contributed by atoms with Crippen molar-refractivity contribution >= 4 is 21.5 Å². The smallest absolute Gasteiger partial charge is 0.282 e. The van der Waals surface area contributed by atoms with Crippen LogP contribution in [0.5, 0.6) is 0 Å². The normalized spacial score (nSPS) is 21.3. The summed E-state index contributed by atoms with van der Waals surface area (Å²) >= 11 is 1.57. The van der Waals surface area contributed by atoms with Crippen molar-refractivity contribution in [3.63, 3.8) is 0 Å². The molecule has 1 N–H and O–H groups in total. The third-order valence-electron chi connectivity index (χ3n) is 3.83. The second-order valence-electron chi connectivity index (χ2n) is 5.77. The zero-order valence-corrected chi connectivity index (χ0v) is 14.2. The first-order valence-corrected chi connectivity index (χ1v) is 9.63. The second-order valence-corrected chi connectivity index (χ2v) is 8.69. The van der Waals surface area contributed by atoms with Gasteiger partial charge in [-0.05, 0) is 44.1 Å². The lowest BCUT2D eigenvalue weighted by molar-refractivity contribution is 0.158. The Morgan fingerprint density at radius 3 is 2.86 bits per heavy atom. The first kappa shape index (κ1) is 16.9. The van der Waals surface area contributed by atoms with Crippen molar-refractivity contribution in [3.05, 3.63) is 22.4 Å². The van der Waals surface area contributed by atoms with Crippen LogP contribution in [0.1, 0.15) is 31.6 Å². The maximum atomic E-state index is 12.9. The number of hydrogen-bond acceptors (Lipinski definition) is 4. The van der Waals surface area contributed by atoms with Gasteiger partial charge in [0.2, 0.25) is 0 Å². The topological polar surface area (TPSA) is 60.9 Å². The van der Waals surface area contributed by atoms with E-state index in [1.165, 1.54) is 4.31 Å². The average molecular weight is 332 g/mol. The van der Waals surface area contributed by atoms with Gasteiger partial charge < -0.3 is 5.11 Å². The van der Waals surface area contributed by atoms with E-state index >= 15 is 0 Å². The van der Waals surface area contributed by atoms with E-state index in [1.807, 2.05) is 31.4 Å². The number of aliphatic hydroxyl groups is 1. The summed E-state index contributed by atoms with van der Waals surface area (Å²) in [6.45, 7) is 5.24. The molecule has 2 rings (SSSR count). The lowest BCUT2D eigenvalue weighted by Crippen LogP contribution is -2.50. The highest BCUT2D eigenvalue weighted by molar-refractivity contribution is 7.86. The Kier molecular flexibility index (Phi) is 5.79. The Hall–Kier alpha value is -0.470. The van der Waals surface area contributed by atoms with Crippen molar-refractivity contribution in [2.24, 2.45) is 5.92 Å². The van der Waals surface area contributed by atoms with Crippen LogP contribution in [0.4, 0.5) is 0 Å². The number of rotatable bonds is 6. The van der Waals surface area contributed by atoms with E-state index in [4.69, 9.17) is 0 Å². The van der Waals surface area contributed by atoms with Gasteiger partial charge in [-0.25, -0.2) is 0 Å². The molecule has 0 bridgehead atoms. The van der Waals surface area contributed by atoms with Crippen LogP contribution < -0.4 is 0 Å². The van der Waals surface area contributed by atoms with Crippen LogP contribution >= 0.6 is 11.3 Å². The highest BCUT2D eigenvalue weighted by atomic mass is 32.2. The summed E-state index contributed by atoms with van der Waals surface area (Å²) < 4.78 is 28.9. The van der Waals surface area contributed by atoms with E-state index in [9.17, 15) is 13.5 Å². The summed E-state index contributed by atoms with van der Waals surface area (Å²) in [5.41, 5.74) is 0. The minimum Gasteiger partial charge on any atom is -0.396 e. The summed E-state index contributed by atoms with van der Waals surface area (Å²) in [5.74, 6) is 0.0595. The highest BCUT2D eigenvalue weighted by Gasteiger charge is 2.34. The second kappa shape index (κ2) is 7.19. The molecule has 0 amide bonds. The van der Waals surface area contributed by atoms with Gasteiger partial charge in [0.15, 0.2) is 0 Å². The molecule has 1 aromatic heterocycles. The van der Waals surface area contributed by atoms with Crippen molar-refractivity contribution in [2.45, 2.75) is 39.3 Å². The molecule has 1 aliphatic heterocycles. The molecule has 1 unspecified atom stereocenters. The maximum Gasteiger partial charge on any atom is 0.282 e. The molecule has 0 aromatic carbocycles. The number of aliphatic hydroxyl groups excluding tert-OH is 1. The summed E-state index contributed by atoms with van der Waals surface area (Å²) in [7, 11) is -3.48. The van der Waals surface area contributed by atoms with Gasteiger partial charge in [0.25, 0.3) is 10.2 Å². The van der Waals surface area contributed by atoms with Crippen molar-refractivity contribution in [2.75, 3.05) is 19.7 Å². The monoisotopic (exact) mass is 332 g/mol. The third kappa shape index (κ3) is 4.04. The van der Waals surface area contributed by atoms with Gasteiger partial charge in [0, 0.05) is 37.2 Å². The minimum atomic E-state index is -3.48. The van der Waals surface area contributed by atoms with Crippen LogP contribution in [0.2, 0.25) is 0 Å². The lowest BCUT2D eigenvalue weighted by atomic mass is 10.0. The molecule has 7 heteroatoms. The van der Waals surface area contributed by atoms with Crippen molar-refractivity contribution in [3.8, 4) is 0 Å². The lowest BCUT2D eigenvalue weighted by Gasteiger charge is -2.36. The van der Waals surface area contributed by atoms with Gasteiger partial charge >= 0.3 is 0 Å². The molecule has 1 saturated heterocycles. The minimum absolute atomic E-state index is 0.0542. The average Bonchev–Trinajstić information content (AvgIpc) is 2.97. The SMILES string of the molecule is CC(C)N(Cc1cccs1)S(=O)(=O)N1CCCC(CO)C1. The number of piperidine rings is 1. The summed E-state index contributed by atoms with van der Waals surface area (Å²) in [4.78, 5) is 1.04. The molecular weight excluding hydrogens is 308 g/mol. The Balaban J connectivity index is 2.17. The molecule has 0 radical (unpaired) electrons. The standard InChI is InChI=1S/C14H24N2O3S2/c1-12(2)16(10-14-6-4-8-20-14)21(18,19)15-7-3-5-13(9-15)11-17/h4,6,8,12-13,17H,3,5,7,9-11H2,1-2H3. The van der Waals surface area contributed by atoms with Gasteiger partial charge in [-0.2, -0.15) is 17.0 Å². The van der Waals surface area contributed by atoms with Crippen LogP contribution in [-0.4, -0.2) is 47.9 Å². The molecule has 1 fully saturated rings. The molecule has 0 saturated carbocycles. The molecule has 2 heterocycles. The third-order valence-corrected chi connectivity index (χ3v) is 6.82. The fourth-order valence-corrected chi connectivity index (χ4v) is 5.30. The van der Waals surface area contributed by atoms with E-state index in [0.29, 0.717) is 19.6 Å².